The fraction of sp³-hybridized carbons (Fsp3) is 0.250. The molecule has 20 heavy (non-hydrogen) atoms. The fourth-order valence-electron chi connectivity index (χ4n) is 1.20. The number of benzene rings is 1. The van der Waals surface area contributed by atoms with Crippen LogP contribution in [0.3, 0.4) is 0 Å². The number of aromatic nitrogens is 3. The van der Waals surface area contributed by atoms with Gasteiger partial charge in [0.25, 0.3) is 0 Å². The van der Waals surface area contributed by atoms with E-state index in [4.69, 9.17) is 0 Å². The van der Waals surface area contributed by atoms with Gasteiger partial charge < -0.3 is 0 Å². The summed E-state index contributed by atoms with van der Waals surface area (Å²) in [6, 6.07) is 8.12. The molecule has 0 bridgehead atoms. The summed E-state index contributed by atoms with van der Waals surface area (Å²) in [6.07, 6.45) is 0. The van der Waals surface area contributed by atoms with Gasteiger partial charge in [-0.3, -0.25) is 0 Å². The van der Waals surface area contributed by atoms with Crippen LogP contribution in [0.5, 0.6) is 0 Å². The van der Waals surface area contributed by atoms with Gasteiger partial charge in [0.1, 0.15) is 0 Å². The molecule has 1 aromatic carbocycles. The van der Waals surface area contributed by atoms with Crippen molar-refractivity contribution in [1.82, 2.24) is 13.2 Å². The Labute approximate surface area is 121 Å². The van der Waals surface area contributed by atoms with Gasteiger partial charge in [-0.2, -0.15) is 0 Å². The third-order valence-electron chi connectivity index (χ3n) is 1.78. The molecule has 0 spiro atoms. The van der Waals surface area contributed by atoms with E-state index in [1.54, 1.807) is 0 Å². The molecule has 0 N–H and O–H groups in total. The van der Waals surface area contributed by atoms with Crippen LogP contribution in [-0.4, -0.2) is 33.2 Å². The molecule has 1 atom stereocenters. The maximum atomic E-state index is 9.87. The largest absolute Gasteiger partial charge is 0.0395 e. The molecule has 0 saturated carbocycles. The van der Waals surface area contributed by atoms with Crippen molar-refractivity contribution in [3.8, 4) is 0 Å². The summed E-state index contributed by atoms with van der Waals surface area (Å²) in [6.45, 7) is 0. The molecule has 0 aliphatic heterocycles. The Balaban J connectivity index is 0.000000396. The molecular formula is C8H14F6N3P2Sn. The summed E-state index contributed by atoms with van der Waals surface area (Å²) in [5, 5.41) is 8.25. The molecule has 0 aliphatic carbocycles. The van der Waals surface area contributed by atoms with E-state index >= 15 is 0 Å². The number of fused-ring (bicyclic) bond motifs is 1. The molecule has 1 unspecified atom stereocenters. The van der Waals surface area contributed by atoms with Gasteiger partial charge >= 0.3 is 111 Å². The topological polar surface area (TPSA) is 30.7 Å². The van der Waals surface area contributed by atoms with Crippen molar-refractivity contribution < 1.29 is 25.2 Å². The van der Waals surface area contributed by atoms with Crippen LogP contribution in [-0.2, 0) is 0 Å². The van der Waals surface area contributed by atoms with Crippen LogP contribution < -0.4 is 0 Å². The average Bonchev–Trinajstić information content (AvgIpc) is 2.55. The van der Waals surface area contributed by atoms with Crippen molar-refractivity contribution in [2.45, 2.75) is 9.88 Å². The van der Waals surface area contributed by atoms with Crippen molar-refractivity contribution >= 4 is 48.8 Å². The summed E-state index contributed by atoms with van der Waals surface area (Å²) in [4.78, 5) is 4.59. The van der Waals surface area contributed by atoms with E-state index in [9.17, 15) is 25.2 Å². The number of para-hydroxylation sites is 1. The van der Waals surface area contributed by atoms with E-state index in [1.807, 2.05) is 18.2 Å². The molecule has 0 fully saturated rings. The Morgan fingerprint density at radius 2 is 1.45 bits per heavy atom. The maximum Gasteiger partial charge on any atom is -0.0395 e. The van der Waals surface area contributed by atoms with E-state index in [-0.39, 0.29) is 9.90 Å². The minimum atomic E-state index is -10.7. The fourth-order valence-corrected chi connectivity index (χ4v) is 3.75. The second kappa shape index (κ2) is 5.57. The van der Waals surface area contributed by atoms with E-state index in [0.29, 0.717) is 0 Å². The normalized spacial score (nSPS) is 14.8. The van der Waals surface area contributed by atoms with Crippen molar-refractivity contribution in [3.05, 3.63) is 24.3 Å². The van der Waals surface area contributed by atoms with Crippen LogP contribution in [0.15, 0.2) is 24.3 Å². The number of nitrogens with zero attached hydrogens (tertiary/aromatic N) is 3. The SMILES string of the molecule is F[P-](F)(F)(F)(F)F.[CH3][Sn]([CH3])[n]1nnc2ccccc21.[PH4+]. The second-order valence-corrected chi connectivity index (χ2v) is 12.4. The molecule has 1 aromatic heterocycles. The quantitative estimate of drug-likeness (QED) is 0.361. The number of hydrogen-bond acceptors (Lipinski definition) is 2. The average molecular weight is 447 g/mol. The molecule has 1 heterocycles. The Bertz CT molecular complexity index is 570. The van der Waals surface area contributed by atoms with Crippen LogP contribution >= 0.6 is 17.7 Å². The number of rotatable bonds is 1. The summed E-state index contributed by atoms with van der Waals surface area (Å²) in [5.41, 5.74) is 2.20. The smallest absolute Gasteiger partial charge is 0.0395 e. The Kier molecular flexibility index (Phi) is 5.53. The molecule has 117 valence electrons. The van der Waals surface area contributed by atoms with Gasteiger partial charge in [-0.05, 0) is 9.90 Å². The summed E-state index contributed by atoms with van der Waals surface area (Å²) >= 11 is -1.41. The molecule has 12 heteroatoms. The first kappa shape index (κ1) is 19.9. The van der Waals surface area contributed by atoms with Gasteiger partial charge in [0, 0.05) is 0 Å². The molecule has 0 saturated heterocycles. The zero-order valence-electron chi connectivity index (χ0n) is 10.9. The summed E-state index contributed by atoms with van der Waals surface area (Å²) in [5.74, 6) is 0. The predicted octanol–water partition coefficient (Wildman–Crippen LogP) is 4.70. The minimum Gasteiger partial charge on any atom is -0.0395 e. The maximum absolute atomic E-state index is 10.7. The molecule has 2 rings (SSSR count). The minimum absolute atomic E-state index is 0. The van der Waals surface area contributed by atoms with Crippen LogP contribution in [0, 0.1) is 0 Å². The van der Waals surface area contributed by atoms with E-state index < -0.39 is 27.8 Å². The Morgan fingerprint density at radius 3 is 1.90 bits per heavy atom. The van der Waals surface area contributed by atoms with Gasteiger partial charge in [-0.15, -0.1) is 0 Å². The van der Waals surface area contributed by atoms with Crippen molar-refractivity contribution in [2.24, 2.45) is 0 Å². The first-order chi connectivity index (χ1) is 8.24. The third-order valence-corrected chi connectivity index (χ3v) is 5.14. The first-order valence-corrected chi connectivity index (χ1v) is 13.9. The zero-order chi connectivity index (χ0) is 15.0. The summed E-state index contributed by atoms with van der Waals surface area (Å²) < 4.78 is 61.3. The van der Waals surface area contributed by atoms with Gasteiger partial charge in [0.2, 0.25) is 0 Å². The standard InChI is InChI=1S/C6H4N3.2CH3.F6P.H3P.Sn/c1-2-4-6-5(3-1)7-9-8-6;;;1-7(2,3,4,5)6;;/h1-4H;2*1H3;;1H3;/q-1;;;-1;;+1/p+1. The Morgan fingerprint density at radius 1 is 1.00 bits per heavy atom. The van der Waals surface area contributed by atoms with Gasteiger partial charge in [0.05, 0.1) is 0 Å². The number of hydrogen-bond donors (Lipinski definition) is 0. The van der Waals surface area contributed by atoms with Crippen LogP contribution in [0.2, 0.25) is 9.88 Å². The van der Waals surface area contributed by atoms with Crippen molar-refractivity contribution in [3.63, 3.8) is 0 Å². The van der Waals surface area contributed by atoms with Crippen molar-refractivity contribution in [2.75, 3.05) is 0 Å². The molecule has 3 nitrogen and oxygen atoms in total. The molecule has 0 aliphatic rings. The van der Waals surface area contributed by atoms with Crippen molar-refractivity contribution in [1.29, 1.82) is 0 Å². The van der Waals surface area contributed by atoms with Crippen LogP contribution in [0.25, 0.3) is 11.0 Å². The predicted molar refractivity (Wildman–Crippen MR) is 76.5 cm³/mol. The molecule has 1 radical (unpaired) electrons. The molecule has 2 aromatic rings. The van der Waals surface area contributed by atoms with Gasteiger partial charge in [-0.1, -0.05) is 0 Å². The van der Waals surface area contributed by atoms with Crippen LogP contribution in [0.1, 0.15) is 0 Å². The van der Waals surface area contributed by atoms with Gasteiger partial charge in [0.15, 0.2) is 0 Å². The van der Waals surface area contributed by atoms with E-state index in [0.717, 1.165) is 5.52 Å². The molecule has 0 amide bonds. The Hall–Kier alpha value is -0.141. The zero-order valence-corrected chi connectivity index (χ0v) is 16.6. The van der Waals surface area contributed by atoms with Crippen LogP contribution in [0.4, 0.5) is 25.2 Å². The number of halogens is 6. The third kappa shape index (κ3) is 8.92. The monoisotopic (exact) mass is 448 g/mol. The van der Waals surface area contributed by atoms with E-state index in [1.165, 1.54) is 5.52 Å². The van der Waals surface area contributed by atoms with Gasteiger partial charge in [-0.25, -0.2) is 0 Å². The first-order valence-electron chi connectivity index (χ1n) is 4.91. The van der Waals surface area contributed by atoms with E-state index in [2.05, 4.69) is 29.2 Å². The summed E-state index contributed by atoms with van der Waals surface area (Å²) in [7, 11) is -10.7. The second-order valence-electron chi connectivity index (χ2n) is 3.90. The molecular weight excluding hydrogens is 433 g/mol.